The van der Waals surface area contributed by atoms with Gasteiger partial charge >= 0.3 is 6.18 Å². The number of H-pyrrole nitrogens is 1. The highest BCUT2D eigenvalue weighted by atomic mass is 19.4. The highest BCUT2D eigenvalue weighted by Gasteiger charge is 2.30. The number of benzene rings is 1. The summed E-state index contributed by atoms with van der Waals surface area (Å²) in [7, 11) is 0. The van der Waals surface area contributed by atoms with Gasteiger partial charge in [-0.05, 0) is 25.0 Å². The standard InChI is InChI=1S/C18H19F3N4O3/c19-18(20,21)12-4-1-3-11(9-12)16-23-17(27)14(24-25-16)6-7-15(26)22-10-13-5-2-8-28-13/h1,3-4,9,13H,2,5-8,10H2,(H,22,26)(H,23,25,27)/t13-/m0/s1. The summed E-state index contributed by atoms with van der Waals surface area (Å²) >= 11 is 0. The predicted octanol–water partition coefficient (Wildman–Crippen LogP) is 2.08. The van der Waals surface area contributed by atoms with E-state index in [1.54, 1.807) is 0 Å². The molecule has 1 saturated heterocycles. The number of nitrogens with zero attached hydrogens (tertiary/aromatic N) is 2. The van der Waals surface area contributed by atoms with Crippen molar-refractivity contribution in [1.82, 2.24) is 20.5 Å². The van der Waals surface area contributed by atoms with Gasteiger partial charge in [-0.2, -0.15) is 13.2 Å². The third-order valence-corrected chi connectivity index (χ3v) is 4.37. The van der Waals surface area contributed by atoms with Gasteiger partial charge in [0.15, 0.2) is 5.82 Å². The van der Waals surface area contributed by atoms with E-state index in [4.69, 9.17) is 4.74 Å². The van der Waals surface area contributed by atoms with E-state index in [1.807, 2.05) is 0 Å². The number of hydrogen-bond donors (Lipinski definition) is 2. The molecule has 0 saturated carbocycles. The average Bonchev–Trinajstić information content (AvgIpc) is 3.18. The molecule has 0 radical (unpaired) electrons. The lowest BCUT2D eigenvalue weighted by Gasteiger charge is -2.10. The fourth-order valence-corrected chi connectivity index (χ4v) is 2.85. The molecule has 1 atom stereocenters. The van der Waals surface area contributed by atoms with Crippen molar-refractivity contribution < 1.29 is 22.7 Å². The summed E-state index contributed by atoms with van der Waals surface area (Å²) in [4.78, 5) is 26.4. The summed E-state index contributed by atoms with van der Waals surface area (Å²) in [5.41, 5.74) is -1.29. The van der Waals surface area contributed by atoms with Crippen molar-refractivity contribution in [2.75, 3.05) is 13.2 Å². The average molecular weight is 396 g/mol. The smallest absolute Gasteiger partial charge is 0.376 e. The van der Waals surface area contributed by atoms with E-state index in [1.165, 1.54) is 12.1 Å². The third-order valence-electron chi connectivity index (χ3n) is 4.37. The Balaban J connectivity index is 1.61. The maximum atomic E-state index is 12.8. The van der Waals surface area contributed by atoms with Crippen molar-refractivity contribution in [1.29, 1.82) is 0 Å². The largest absolute Gasteiger partial charge is 0.416 e. The summed E-state index contributed by atoms with van der Waals surface area (Å²) in [6.07, 6.45) is -2.47. The monoisotopic (exact) mass is 396 g/mol. The number of carbonyl (C=O) groups is 1. The second-order valence-electron chi connectivity index (χ2n) is 6.47. The lowest BCUT2D eigenvalue weighted by atomic mass is 10.1. The zero-order valence-corrected chi connectivity index (χ0v) is 14.9. The molecule has 1 aliphatic rings. The maximum absolute atomic E-state index is 12.8. The van der Waals surface area contributed by atoms with E-state index in [0.717, 1.165) is 25.0 Å². The molecule has 1 aromatic heterocycles. The number of ether oxygens (including phenoxy) is 1. The molecule has 0 bridgehead atoms. The van der Waals surface area contributed by atoms with Crippen molar-refractivity contribution >= 4 is 5.91 Å². The van der Waals surface area contributed by atoms with Crippen molar-refractivity contribution in [2.24, 2.45) is 0 Å². The first-order valence-electron chi connectivity index (χ1n) is 8.85. The first-order valence-corrected chi connectivity index (χ1v) is 8.85. The minimum absolute atomic E-state index is 0.0267. The number of carbonyl (C=O) groups excluding carboxylic acids is 1. The van der Waals surface area contributed by atoms with Crippen LogP contribution >= 0.6 is 0 Å². The van der Waals surface area contributed by atoms with Crippen LogP contribution in [0.25, 0.3) is 11.4 Å². The zero-order chi connectivity index (χ0) is 20.1. The molecule has 1 aliphatic heterocycles. The van der Waals surface area contributed by atoms with Crippen molar-refractivity contribution in [3.05, 3.63) is 45.9 Å². The highest BCUT2D eigenvalue weighted by Crippen LogP contribution is 2.31. The first kappa shape index (κ1) is 20.0. The predicted molar refractivity (Wildman–Crippen MR) is 93.4 cm³/mol. The van der Waals surface area contributed by atoms with Gasteiger partial charge in [0.2, 0.25) is 5.91 Å². The highest BCUT2D eigenvalue weighted by molar-refractivity contribution is 5.76. The van der Waals surface area contributed by atoms with Gasteiger partial charge in [-0.3, -0.25) is 9.59 Å². The van der Waals surface area contributed by atoms with Crippen LogP contribution in [0.2, 0.25) is 0 Å². The Bertz CT molecular complexity index is 892. The number of aromatic amines is 1. The van der Waals surface area contributed by atoms with E-state index in [9.17, 15) is 22.8 Å². The summed E-state index contributed by atoms with van der Waals surface area (Å²) in [6, 6.07) is 4.44. The van der Waals surface area contributed by atoms with Crippen molar-refractivity contribution in [3.8, 4) is 11.4 Å². The van der Waals surface area contributed by atoms with Crippen LogP contribution in [0.3, 0.4) is 0 Å². The van der Waals surface area contributed by atoms with Gasteiger partial charge in [-0.15, -0.1) is 10.2 Å². The second-order valence-corrected chi connectivity index (χ2v) is 6.47. The van der Waals surface area contributed by atoms with Gasteiger partial charge < -0.3 is 15.0 Å². The second kappa shape index (κ2) is 8.51. The van der Waals surface area contributed by atoms with E-state index in [0.29, 0.717) is 13.2 Å². The Morgan fingerprint density at radius 3 is 2.82 bits per heavy atom. The van der Waals surface area contributed by atoms with Crippen LogP contribution in [0.15, 0.2) is 29.1 Å². The molecule has 1 aromatic carbocycles. The van der Waals surface area contributed by atoms with Crippen LogP contribution in [-0.4, -0.2) is 40.3 Å². The number of halogens is 3. The number of aryl methyl sites for hydroxylation is 1. The van der Waals surface area contributed by atoms with Gasteiger partial charge in [0.25, 0.3) is 5.56 Å². The van der Waals surface area contributed by atoms with Crippen LogP contribution < -0.4 is 10.9 Å². The molecule has 2 heterocycles. The summed E-state index contributed by atoms with van der Waals surface area (Å²) < 4.78 is 43.8. The minimum Gasteiger partial charge on any atom is -0.376 e. The third kappa shape index (κ3) is 5.16. The van der Waals surface area contributed by atoms with Gasteiger partial charge in [0.1, 0.15) is 5.69 Å². The lowest BCUT2D eigenvalue weighted by Crippen LogP contribution is -2.32. The van der Waals surface area contributed by atoms with Gasteiger partial charge in [-0.1, -0.05) is 12.1 Å². The summed E-state index contributed by atoms with van der Waals surface area (Å²) in [5, 5.41) is 10.3. The van der Waals surface area contributed by atoms with Crippen LogP contribution in [0.5, 0.6) is 0 Å². The first-order chi connectivity index (χ1) is 13.3. The zero-order valence-electron chi connectivity index (χ0n) is 14.9. The number of alkyl halides is 3. The summed E-state index contributed by atoms with van der Waals surface area (Å²) in [5.74, 6) is -0.304. The molecule has 28 heavy (non-hydrogen) atoms. The fraction of sp³-hybridized carbons (Fsp3) is 0.444. The molecule has 2 N–H and O–H groups in total. The molecule has 0 aliphatic carbocycles. The van der Waals surface area contributed by atoms with Crippen LogP contribution in [0, 0.1) is 0 Å². The molecule has 1 amide bonds. The van der Waals surface area contributed by atoms with Gasteiger partial charge in [0, 0.05) is 31.6 Å². The quantitative estimate of drug-likeness (QED) is 0.779. The lowest BCUT2D eigenvalue weighted by molar-refractivity contribution is -0.137. The number of hydrogen-bond acceptors (Lipinski definition) is 5. The summed E-state index contributed by atoms with van der Waals surface area (Å²) in [6.45, 7) is 1.12. The molecule has 3 rings (SSSR count). The fourth-order valence-electron chi connectivity index (χ4n) is 2.85. The Morgan fingerprint density at radius 1 is 1.32 bits per heavy atom. The molecule has 0 spiro atoms. The number of amides is 1. The molecule has 7 nitrogen and oxygen atoms in total. The Labute approximate surface area is 158 Å². The molecule has 150 valence electrons. The van der Waals surface area contributed by atoms with Gasteiger partial charge in [-0.25, -0.2) is 0 Å². The maximum Gasteiger partial charge on any atom is 0.416 e. The Hall–Kier alpha value is -2.75. The molecule has 0 unspecified atom stereocenters. The van der Waals surface area contributed by atoms with Gasteiger partial charge in [0.05, 0.1) is 11.7 Å². The minimum atomic E-state index is -4.50. The van der Waals surface area contributed by atoms with E-state index in [-0.39, 0.29) is 41.9 Å². The van der Waals surface area contributed by atoms with Crippen molar-refractivity contribution in [2.45, 2.75) is 38.0 Å². The topological polar surface area (TPSA) is 97.0 Å². The van der Waals surface area contributed by atoms with E-state index >= 15 is 0 Å². The Kier molecular flexibility index (Phi) is 6.08. The molecule has 10 heteroatoms. The molecule has 2 aromatic rings. The SMILES string of the molecule is O=C(CCc1nnc(-c2cccc(C(F)(F)F)c2)[nH]c1=O)NC[C@@H]1CCCO1. The van der Waals surface area contributed by atoms with Crippen molar-refractivity contribution in [3.63, 3.8) is 0 Å². The normalized spacial score (nSPS) is 16.9. The molecular weight excluding hydrogens is 377 g/mol. The number of aromatic nitrogens is 3. The van der Waals surface area contributed by atoms with Crippen LogP contribution in [0.1, 0.15) is 30.5 Å². The van der Waals surface area contributed by atoms with Crippen LogP contribution in [-0.2, 0) is 22.1 Å². The van der Waals surface area contributed by atoms with E-state index < -0.39 is 17.3 Å². The van der Waals surface area contributed by atoms with E-state index in [2.05, 4.69) is 20.5 Å². The number of rotatable bonds is 6. The molecular formula is C18H19F3N4O3. The molecule has 1 fully saturated rings. The number of nitrogens with one attached hydrogen (secondary N) is 2. The van der Waals surface area contributed by atoms with Crippen LogP contribution in [0.4, 0.5) is 13.2 Å². The Morgan fingerprint density at radius 2 is 2.14 bits per heavy atom.